The van der Waals surface area contributed by atoms with Crippen LogP contribution in [0.5, 0.6) is 0 Å². The summed E-state index contributed by atoms with van der Waals surface area (Å²) in [6.07, 6.45) is -2.42. The summed E-state index contributed by atoms with van der Waals surface area (Å²) < 4.78 is 67.1. The molecule has 1 amide bonds. The number of carbonyl (C=O) groups is 2. The van der Waals surface area contributed by atoms with Gasteiger partial charge in [0.05, 0.1) is 34.2 Å². The fourth-order valence-electron chi connectivity index (χ4n) is 3.76. The van der Waals surface area contributed by atoms with Gasteiger partial charge in [0.15, 0.2) is 22.1 Å². The Labute approximate surface area is 181 Å². The molecular formula is C19H21F3N4O5S. The fourth-order valence-corrected chi connectivity index (χ4v) is 5.46. The number of ether oxygens (including phenoxy) is 1. The van der Waals surface area contributed by atoms with E-state index in [0.29, 0.717) is 28.8 Å². The summed E-state index contributed by atoms with van der Waals surface area (Å²) in [6, 6.07) is 1.15. The average Bonchev–Trinajstić information content (AvgIpc) is 3.42. The quantitative estimate of drug-likeness (QED) is 0.634. The molecule has 2 aliphatic rings. The van der Waals surface area contributed by atoms with Crippen LogP contribution in [0.3, 0.4) is 0 Å². The summed E-state index contributed by atoms with van der Waals surface area (Å²) >= 11 is 0. The van der Waals surface area contributed by atoms with Crippen LogP contribution < -0.4 is 5.32 Å². The molecule has 0 spiro atoms. The van der Waals surface area contributed by atoms with Crippen molar-refractivity contribution in [3.8, 4) is 0 Å². The highest BCUT2D eigenvalue weighted by molar-refractivity contribution is 7.91. The number of alkyl halides is 3. The number of hydrogen-bond donors (Lipinski definition) is 1. The third-order valence-electron chi connectivity index (χ3n) is 5.45. The zero-order valence-electron chi connectivity index (χ0n) is 17.1. The van der Waals surface area contributed by atoms with Crippen LogP contribution in [0.1, 0.15) is 53.0 Å². The van der Waals surface area contributed by atoms with Crippen LogP contribution in [0.15, 0.2) is 6.07 Å². The van der Waals surface area contributed by atoms with Crippen LogP contribution in [-0.4, -0.2) is 65.9 Å². The summed E-state index contributed by atoms with van der Waals surface area (Å²) in [5.41, 5.74) is 1.54. The highest BCUT2D eigenvalue weighted by Crippen LogP contribution is 2.41. The summed E-state index contributed by atoms with van der Waals surface area (Å²) in [5, 5.41) is 6.44. The SMILES string of the molecule is Cc1nn(C2CCS(=O)(=O)C2)c2nc(C3CC3)cc(C(=O)OCC(=O)NCC(F)(F)F)c12. The number of halogens is 3. The molecule has 3 heterocycles. The lowest BCUT2D eigenvalue weighted by Gasteiger charge is -2.12. The lowest BCUT2D eigenvalue weighted by molar-refractivity contribution is -0.140. The minimum Gasteiger partial charge on any atom is -0.452 e. The van der Waals surface area contributed by atoms with Crippen molar-refractivity contribution < 1.29 is 35.9 Å². The van der Waals surface area contributed by atoms with E-state index in [9.17, 15) is 31.2 Å². The number of amides is 1. The first kappa shape index (κ1) is 22.5. The van der Waals surface area contributed by atoms with Crippen molar-refractivity contribution in [2.75, 3.05) is 24.7 Å². The molecule has 9 nitrogen and oxygen atoms in total. The highest BCUT2D eigenvalue weighted by Gasteiger charge is 2.34. The van der Waals surface area contributed by atoms with Gasteiger partial charge in [0.25, 0.3) is 5.91 Å². The minimum atomic E-state index is -4.57. The van der Waals surface area contributed by atoms with Crippen molar-refractivity contribution >= 4 is 32.7 Å². The van der Waals surface area contributed by atoms with Gasteiger partial charge in [0.2, 0.25) is 0 Å². The molecule has 1 saturated carbocycles. The summed E-state index contributed by atoms with van der Waals surface area (Å²) in [4.78, 5) is 29.0. The monoisotopic (exact) mass is 474 g/mol. The molecule has 0 aromatic carbocycles. The van der Waals surface area contributed by atoms with E-state index < -0.39 is 47.1 Å². The van der Waals surface area contributed by atoms with Crippen molar-refractivity contribution in [1.29, 1.82) is 0 Å². The van der Waals surface area contributed by atoms with Gasteiger partial charge in [-0.3, -0.25) is 4.79 Å². The molecule has 1 N–H and O–H groups in total. The van der Waals surface area contributed by atoms with E-state index in [4.69, 9.17) is 4.74 Å². The average molecular weight is 474 g/mol. The summed E-state index contributed by atoms with van der Waals surface area (Å²) in [7, 11) is -3.18. The molecule has 1 aliphatic carbocycles. The molecular weight excluding hydrogens is 453 g/mol. The van der Waals surface area contributed by atoms with Crippen LogP contribution in [0, 0.1) is 6.92 Å². The maximum absolute atomic E-state index is 12.8. The van der Waals surface area contributed by atoms with Gasteiger partial charge in [0, 0.05) is 11.6 Å². The third kappa shape index (κ3) is 4.87. The second-order valence-corrected chi connectivity index (χ2v) is 10.4. The van der Waals surface area contributed by atoms with Gasteiger partial charge in [0.1, 0.15) is 6.54 Å². The smallest absolute Gasteiger partial charge is 0.405 e. The molecule has 0 radical (unpaired) electrons. The van der Waals surface area contributed by atoms with Gasteiger partial charge in [-0.15, -0.1) is 0 Å². The van der Waals surface area contributed by atoms with Crippen molar-refractivity contribution in [3.05, 3.63) is 23.0 Å². The Kier molecular flexibility index (Phi) is 5.63. The normalized spacial score (nSPS) is 20.4. The Balaban J connectivity index is 1.62. The summed E-state index contributed by atoms with van der Waals surface area (Å²) in [6.45, 7) is -0.746. The number of sulfone groups is 1. The molecule has 2 aromatic heterocycles. The molecule has 13 heteroatoms. The molecule has 1 atom stereocenters. The van der Waals surface area contributed by atoms with E-state index >= 15 is 0 Å². The zero-order chi connectivity index (χ0) is 23.3. The maximum atomic E-state index is 12.8. The van der Waals surface area contributed by atoms with E-state index in [0.717, 1.165) is 12.8 Å². The Morgan fingerprint density at radius 2 is 2.00 bits per heavy atom. The molecule has 0 bridgehead atoms. The van der Waals surface area contributed by atoms with E-state index in [1.54, 1.807) is 18.3 Å². The number of rotatable bonds is 6. The predicted octanol–water partition coefficient (Wildman–Crippen LogP) is 1.81. The van der Waals surface area contributed by atoms with Crippen molar-refractivity contribution in [2.24, 2.45) is 0 Å². The number of fused-ring (bicyclic) bond motifs is 1. The molecule has 2 fully saturated rings. The van der Waals surface area contributed by atoms with Crippen LogP contribution >= 0.6 is 0 Å². The number of pyridine rings is 1. The molecule has 4 rings (SSSR count). The molecule has 2 aromatic rings. The molecule has 174 valence electrons. The number of esters is 1. The molecule has 1 aliphatic heterocycles. The van der Waals surface area contributed by atoms with Gasteiger partial charge in [-0.25, -0.2) is 22.9 Å². The first-order valence-corrected chi connectivity index (χ1v) is 11.9. The second-order valence-electron chi connectivity index (χ2n) is 8.12. The van der Waals surface area contributed by atoms with Gasteiger partial charge in [-0.05, 0) is 32.3 Å². The second kappa shape index (κ2) is 8.01. The number of carbonyl (C=O) groups excluding carboxylic acids is 2. The van der Waals surface area contributed by atoms with Crippen LogP contribution in [-0.2, 0) is 19.4 Å². The van der Waals surface area contributed by atoms with Crippen LogP contribution in [0.25, 0.3) is 11.0 Å². The third-order valence-corrected chi connectivity index (χ3v) is 7.20. The van der Waals surface area contributed by atoms with Crippen LogP contribution in [0.2, 0.25) is 0 Å². The highest BCUT2D eigenvalue weighted by atomic mass is 32.2. The van der Waals surface area contributed by atoms with Gasteiger partial charge >= 0.3 is 12.1 Å². The Morgan fingerprint density at radius 1 is 1.28 bits per heavy atom. The van der Waals surface area contributed by atoms with Gasteiger partial charge < -0.3 is 10.1 Å². The van der Waals surface area contributed by atoms with Gasteiger partial charge in [-0.1, -0.05) is 0 Å². The summed E-state index contributed by atoms with van der Waals surface area (Å²) in [5.74, 6) is -1.84. The standard InChI is InChI=1S/C19H21F3N4O5S/c1-10-16-13(18(28)31-7-15(27)23-9-19(20,21)22)6-14(11-2-3-11)24-17(16)26(25-10)12-4-5-32(29,30)8-12/h6,11-12H,2-5,7-9H2,1H3,(H,23,27). The van der Waals surface area contributed by atoms with Crippen LogP contribution in [0.4, 0.5) is 13.2 Å². The molecule has 32 heavy (non-hydrogen) atoms. The van der Waals surface area contributed by atoms with Crippen molar-refractivity contribution in [1.82, 2.24) is 20.1 Å². The first-order valence-electron chi connectivity index (χ1n) is 10.0. The van der Waals surface area contributed by atoms with Crippen molar-refractivity contribution in [2.45, 2.75) is 44.3 Å². The number of aromatic nitrogens is 3. The maximum Gasteiger partial charge on any atom is 0.405 e. The minimum absolute atomic E-state index is 0.0440. The predicted molar refractivity (Wildman–Crippen MR) is 106 cm³/mol. The Hall–Kier alpha value is -2.70. The Morgan fingerprint density at radius 3 is 2.59 bits per heavy atom. The lowest BCUT2D eigenvalue weighted by Crippen LogP contribution is -2.36. The largest absolute Gasteiger partial charge is 0.452 e. The van der Waals surface area contributed by atoms with E-state index in [1.807, 2.05) is 0 Å². The van der Waals surface area contributed by atoms with E-state index in [2.05, 4.69) is 10.1 Å². The number of nitrogens with zero attached hydrogens (tertiary/aromatic N) is 3. The zero-order valence-corrected chi connectivity index (χ0v) is 17.9. The van der Waals surface area contributed by atoms with E-state index in [1.165, 1.54) is 4.68 Å². The molecule has 1 unspecified atom stereocenters. The van der Waals surface area contributed by atoms with E-state index in [-0.39, 0.29) is 23.0 Å². The molecule has 1 saturated heterocycles. The number of nitrogens with one attached hydrogen (secondary N) is 1. The Bertz CT molecular complexity index is 1190. The lowest BCUT2D eigenvalue weighted by atomic mass is 10.1. The fraction of sp³-hybridized carbons (Fsp3) is 0.579. The number of hydrogen-bond acceptors (Lipinski definition) is 7. The topological polar surface area (TPSA) is 120 Å². The first-order chi connectivity index (χ1) is 14.9. The number of aryl methyl sites for hydroxylation is 1. The van der Waals surface area contributed by atoms with Gasteiger partial charge in [-0.2, -0.15) is 18.3 Å². The van der Waals surface area contributed by atoms with Crippen molar-refractivity contribution in [3.63, 3.8) is 0 Å².